The predicted molar refractivity (Wildman–Crippen MR) is 73.4 cm³/mol. The Bertz CT molecular complexity index is 506. The van der Waals surface area contributed by atoms with E-state index in [-0.39, 0.29) is 11.9 Å². The van der Waals surface area contributed by atoms with Gasteiger partial charge in [-0.05, 0) is 37.1 Å². The van der Waals surface area contributed by atoms with Crippen molar-refractivity contribution in [3.8, 4) is 0 Å². The van der Waals surface area contributed by atoms with Crippen LogP contribution in [0.3, 0.4) is 0 Å². The molecule has 0 heterocycles. The van der Waals surface area contributed by atoms with E-state index in [2.05, 4.69) is 10.6 Å². The minimum Gasteiger partial charge on any atom is -0.346 e. The lowest BCUT2D eigenvalue weighted by Crippen LogP contribution is -2.33. The van der Waals surface area contributed by atoms with Gasteiger partial charge in [-0.15, -0.1) is 0 Å². The Labute approximate surface area is 112 Å². The topological polar surface area (TPSA) is 58.2 Å². The second-order valence-electron chi connectivity index (χ2n) is 4.31. The summed E-state index contributed by atoms with van der Waals surface area (Å²) in [4.78, 5) is 22.5. The zero-order valence-corrected chi connectivity index (χ0v) is 10.5. The van der Waals surface area contributed by atoms with Gasteiger partial charge < -0.3 is 10.6 Å². The molecule has 0 bridgehead atoms. The molecule has 0 spiro atoms. The van der Waals surface area contributed by atoms with Gasteiger partial charge in [-0.25, -0.2) is 0 Å². The normalized spacial score (nSPS) is 18.1. The smallest absolute Gasteiger partial charge is 0.251 e. The molecule has 1 aromatic carbocycles. The van der Waals surface area contributed by atoms with Gasteiger partial charge in [-0.2, -0.15) is 0 Å². The molecule has 0 fully saturated rings. The van der Waals surface area contributed by atoms with Gasteiger partial charge in [0.1, 0.15) is 0 Å². The standard InChI is InChI=1S/C15H16N2O2/c18-11-16-13-8-4-5-9-14(10-13)17-15(19)12-6-2-1-3-7-12/h1-4,6-8,10-11,14H,5,9H2,(H,16,18)(H,17,19). The highest BCUT2D eigenvalue weighted by Gasteiger charge is 2.13. The molecule has 2 amide bonds. The van der Waals surface area contributed by atoms with Crippen molar-refractivity contribution in [2.75, 3.05) is 0 Å². The molecule has 1 aromatic rings. The van der Waals surface area contributed by atoms with Gasteiger partial charge in [0.15, 0.2) is 0 Å². The molecule has 4 heteroatoms. The summed E-state index contributed by atoms with van der Waals surface area (Å²) < 4.78 is 0. The number of nitrogens with one attached hydrogen (secondary N) is 2. The first-order valence-electron chi connectivity index (χ1n) is 6.24. The SMILES string of the molecule is O=CNC1=CC(NC(=O)c2ccccc2)CCC=C1. The Morgan fingerprint density at radius 3 is 2.79 bits per heavy atom. The Morgan fingerprint density at radius 1 is 1.26 bits per heavy atom. The van der Waals surface area contributed by atoms with E-state index < -0.39 is 0 Å². The van der Waals surface area contributed by atoms with Crippen LogP contribution in [0.2, 0.25) is 0 Å². The van der Waals surface area contributed by atoms with Gasteiger partial charge >= 0.3 is 0 Å². The Balaban J connectivity index is 2.04. The highest BCUT2D eigenvalue weighted by molar-refractivity contribution is 5.94. The van der Waals surface area contributed by atoms with E-state index in [4.69, 9.17) is 0 Å². The summed E-state index contributed by atoms with van der Waals surface area (Å²) in [5.41, 5.74) is 1.35. The molecule has 1 unspecified atom stereocenters. The Hall–Kier alpha value is -2.36. The van der Waals surface area contributed by atoms with Crippen LogP contribution in [0.5, 0.6) is 0 Å². The van der Waals surface area contributed by atoms with E-state index in [1.807, 2.05) is 36.4 Å². The van der Waals surface area contributed by atoms with Gasteiger partial charge in [-0.3, -0.25) is 9.59 Å². The van der Waals surface area contributed by atoms with Gasteiger partial charge in [0, 0.05) is 17.3 Å². The van der Waals surface area contributed by atoms with Crippen LogP contribution in [0, 0.1) is 0 Å². The van der Waals surface area contributed by atoms with Crippen molar-refractivity contribution in [1.82, 2.24) is 10.6 Å². The first-order valence-corrected chi connectivity index (χ1v) is 6.24. The largest absolute Gasteiger partial charge is 0.346 e. The van der Waals surface area contributed by atoms with Crippen LogP contribution in [0.15, 0.2) is 54.3 Å². The average molecular weight is 256 g/mol. The summed E-state index contributed by atoms with van der Waals surface area (Å²) >= 11 is 0. The van der Waals surface area contributed by atoms with Crippen molar-refractivity contribution >= 4 is 12.3 Å². The number of carbonyl (C=O) groups is 2. The van der Waals surface area contributed by atoms with Gasteiger partial charge in [0.2, 0.25) is 6.41 Å². The van der Waals surface area contributed by atoms with Crippen LogP contribution in [0.4, 0.5) is 0 Å². The maximum Gasteiger partial charge on any atom is 0.251 e. The molecule has 4 nitrogen and oxygen atoms in total. The fourth-order valence-electron chi connectivity index (χ4n) is 1.96. The summed E-state index contributed by atoms with van der Waals surface area (Å²) in [6, 6.07) is 9.01. The monoisotopic (exact) mass is 256 g/mol. The molecule has 98 valence electrons. The lowest BCUT2D eigenvalue weighted by atomic mass is 10.1. The average Bonchev–Trinajstić information content (AvgIpc) is 2.65. The fraction of sp³-hybridized carbons (Fsp3) is 0.200. The van der Waals surface area contributed by atoms with E-state index in [0.717, 1.165) is 12.8 Å². The van der Waals surface area contributed by atoms with E-state index in [0.29, 0.717) is 17.7 Å². The number of allylic oxidation sites excluding steroid dienone is 2. The molecule has 2 rings (SSSR count). The van der Waals surface area contributed by atoms with Gasteiger partial charge in [0.25, 0.3) is 5.91 Å². The summed E-state index contributed by atoms with van der Waals surface area (Å²) in [6.45, 7) is 0. The zero-order chi connectivity index (χ0) is 13.5. The van der Waals surface area contributed by atoms with Crippen LogP contribution in [-0.4, -0.2) is 18.4 Å². The second-order valence-corrected chi connectivity index (χ2v) is 4.31. The molecular formula is C15H16N2O2. The molecule has 2 N–H and O–H groups in total. The lowest BCUT2D eigenvalue weighted by molar-refractivity contribution is -0.108. The summed E-state index contributed by atoms with van der Waals surface area (Å²) in [7, 11) is 0. The Morgan fingerprint density at radius 2 is 2.05 bits per heavy atom. The molecule has 0 aliphatic heterocycles. The van der Waals surface area contributed by atoms with Crippen molar-refractivity contribution < 1.29 is 9.59 Å². The quantitative estimate of drug-likeness (QED) is 0.806. The van der Waals surface area contributed by atoms with Crippen LogP contribution in [0.25, 0.3) is 0 Å². The minimum absolute atomic E-state index is 0.0786. The number of hydrogen-bond acceptors (Lipinski definition) is 2. The molecule has 0 aromatic heterocycles. The van der Waals surface area contributed by atoms with Crippen LogP contribution in [0.1, 0.15) is 23.2 Å². The molecule has 1 atom stereocenters. The molecule has 0 radical (unpaired) electrons. The molecule has 1 aliphatic rings. The lowest BCUT2D eigenvalue weighted by Gasteiger charge is -2.14. The summed E-state index contributed by atoms with van der Waals surface area (Å²) in [5, 5.41) is 5.56. The van der Waals surface area contributed by atoms with Crippen LogP contribution >= 0.6 is 0 Å². The summed E-state index contributed by atoms with van der Waals surface area (Å²) in [5.74, 6) is -0.103. The number of rotatable bonds is 4. The first-order chi connectivity index (χ1) is 9.29. The van der Waals surface area contributed by atoms with Gasteiger partial charge in [-0.1, -0.05) is 24.3 Å². The van der Waals surface area contributed by atoms with Crippen LogP contribution in [-0.2, 0) is 4.79 Å². The van der Waals surface area contributed by atoms with Gasteiger partial charge in [0.05, 0.1) is 0 Å². The Kier molecular flexibility index (Phi) is 4.50. The third-order valence-electron chi connectivity index (χ3n) is 2.90. The predicted octanol–water partition coefficient (Wildman–Crippen LogP) is 1.76. The van der Waals surface area contributed by atoms with E-state index >= 15 is 0 Å². The molecule has 1 aliphatic carbocycles. The third-order valence-corrected chi connectivity index (χ3v) is 2.90. The highest BCUT2D eigenvalue weighted by atomic mass is 16.1. The van der Waals surface area contributed by atoms with Crippen molar-refractivity contribution in [3.05, 3.63) is 59.8 Å². The van der Waals surface area contributed by atoms with E-state index in [1.165, 1.54) is 0 Å². The molecule has 0 saturated heterocycles. The van der Waals surface area contributed by atoms with Crippen molar-refractivity contribution in [1.29, 1.82) is 0 Å². The summed E-state index contributed by atoms with van der Waals surface area (Å²) in [6.07, 6.45) is 8.01. The maximum atomic E-state index is 12.0. The number of carbonyl (C=O) groups excluding carboxylic acids is 2. The number of hydrogen-bond donors (Lipinski definition) is 2. The number of benzene rings is 1. The minimum atomic E-state index is -0.103. The van der Waals surface area contributed by atoms with E-state index in [1.54, 1.807) is 12.1 Å². The maximum absolute atomic E-state index is 12.0. The molecular weight excluding hydrogens is 240 g/mol. The van der Waals surface area contributed by atoms with Crippen LogP contribution < -0.4 is 10.6 Å². The highest BCUT2D eigenvalue weighted by Crippen LogP contribution is 2.10. The van der Waals surface area contributed by atoms with E-state index in [9.17, 15) is 9.59 Å². The first kappa shape index (κ1) is 13.1. The number of amides is 2. The van der Waals surface area contributed by atoms with Crippen molar-refractivity contribution in [3.63, 3.8) is 0 Å². The van der Waals surface area contributed by atoms with Crippen molar-refractivity contribution in [2.45, 2.75) is 18.9 Å². The fourth-order valence-corrected chi connectivity index (χ4v) is 1.96. The van der Waals surface area contributed by atoms with Crippen molar-refractivity contribution in [2.24, 2.45) is 0 Å². The molecule has 19 heavy (non-hydrogen) atoms. The second kappa shape index (κ2) is 6.54. The molecule has 0 saturated carbocycles. The third kappa shape index (κ3) is 3.81. The zero-order valence-electron chi connectivity index (χ0n) is 10.5.